The molecule has 0 N–H and O–H groups in total. The highest BCUT2D eigenvalue weighted by molar-refractivity contribution is 5.47. The van der Waals surface area contributed by atoms with Gasteiger partial charge in [0, 0.05) is 50.3 Å². The second-order valence-corrected chi connectivity index (χ2v) is 7.49. The number of anilines is 2. The van der Waals surface area contributed by atoms with E-state index in [0.717, 1.165) is 62.0 Å². The maximum Gasteiger partial charge on any atom is 0.225 e. The summed E-state index contributed by atoms with van der Waals surface area (Å²) in [5.41, 5.74) is 1.27. The summed E-state index contributed by atoms with van der Waals surface area (Å²) in [5.74, 6) is 4.49. The highest BCUT2D eigenvalue weighted by atomic mass is 15.3. The van der Waals surface area contributed by atoms with E-state index in [1.165, 1.54) is 24.8 Å². The van der Waals surface area contributed by atoms with Crippen molar-refractivity contribution in [3.8, 4) is 0 Å². The van der Waals surface area contributed by atoms with Gasteiger partial charge in [0.25, 0.3) is 0 Å². The van der Waals surface area contributed by atoms with E-state index in [0.29, 0.717) is 0 Å². The maximum absolute atomic E-state index is 4.75. The lowest BCUT2D eigenvalue weighted by molar-refractivity contribution is 0.292. The first-order valence-corrected chi connectivity index (χ1v) is 9.84. The third-order valence-electron chi connectivity index (χ3n) is 5.91. The topological polar surface area (TPSA) is 58.0 Å². The first-order valence-electron chi connectivity index (χ1n) is 9.84. The molecule has 0 bridgehead atoms. The number of aryl methyl sites for hydroxylation is 2. The molecule has 2 aliphatic heterocycles. The van der Waals surface area contributed by atoms with Crippen LogP contribution in [0.1, 0.15) is 37.6 Å². The van der Waals surface area contributed by atoms with Crippen molar-refractivity contribution >= 4 is 11.8 Å². The van der Waals surface area contributed by atoms with Gasteiger partial charge in [-0.15, -0.1) is 0 Å². The molecular weight excluding hydrogens is 324 g/mol. The zero-order chi connectivity index (χ0) is 17.9. The number of nitrogens with zero attached hydrogens (tertiary/aromatic N) is 6. The minimum atomic E-state index is 0.772. The Kier molecular flexibility index (Phi) is 5.00. The van der Waals surface area contributed by atoms with Crippen LogP contribution in [-0.2, 0) is 6.42 Å². The standard InChI is InChI=1S/C20H28N6/c1-3-16-13-23-15(2)24-19(16)26-12-7-18(14-26)17-5-10-25(11-6-17)20-21-8-4-9-22-20/h4,8-9,13,17-18H,3,5-7,10-12,14H2,1-2H3/t18-/m0/s1. The van der Waals surface area contributed by atoms with Crippen LogP contribution >= 0.6 is 0 Å². The number of piperidine rings is 1. The van der Waals surface area contributed by atoms with Gasteiger partial charge in [-0.2, -0.15) is 0 Å². The van der Waals surface area contributed by atoms with E-state index in [-0.39, 0.29) is 0 Å². The molecule has 6 nitrogen and oxygen atoms in total. The minimum absolute atomic E-state index is 0.772. The van der Waals surface area contributed by atoms with Crippen LogP contribution in [0.3, 0.4) is 0 Å². The first kappa shape index (κ1) is 17.2. The molecule has 2 aromatic heterocycles. The molecule has 4 heterocycles. The summed E-state index contributed by atoms with van der Waals surface area (Å²) in [5, 5.41) is 0. The van der Waals surface area contributed by atoms with E-state index >= 15 is 0 Å². The average molecular weight is 352 g/mol. The molecule has 4 rings (SSSR count). The molecule has 0 aliphatic carbocycles. The van der Waals surface area contributed by atoms with Gasteiger partial charge in [0.2, 0.25) is 5.95 Å². The average Bonchev–Trinajstić information content (AvgIpc) is 3.19. The van der Waals surface area contributed by atoms with E-state index in [1.54, 1.807) is 0 Å². The second kappa shape index (κ2) is 7.56. The Bertz CT molecular complexity index is 726. The fraction of sp³-hybridized carbons (Fsp3) is 0.600. The molecule has 2 aliphatic rings. The Morgan fingerprint density at radius 1 is 0.962 bits per heavy atom. The number of aromatic nitrogens is 4. The molecule has 138 valence electrons. The van der Waals surface area contributed by atoms with Crippen LogP contribution in [0.5, 0.6) is 0 Å². The quantitative estimate of drug-likeness (QED) is 0.843. The highest BCUT2D eigenvalue weighted by Crippen LogP contribution is 2.34. The van der Waals surface area contributed by atoms with Gasteiger partial charge in [0.05, 0.1) is 0 Å². The van der Waals surface area contributed by atoms with Crippen molar-refractivity contribution in [2.45, 2.75) is 39.5 Å². The molecule has 6 heteroatoms. The predicted octanol–water partition coefficient (Wildman–Crippen LogP) is 2.88. The fourth-order valence-corrected chi connectivity index (χ4v) is 4.40. The molecule has 2 saturated heterocycles. The van der Waals surface area contributed by atoms with Crippen molar-refractivity contribution in [1.29, 1.82) is 0 Å². The molecule has 0 saturated carbocycles. The Morgan fingerprint density at radius 2 is 1.65 bits per heavy atom. The highest BCUT2D eigenvalue weighted by Gasteiger charge is 2.33. The van der Waals surface area contributed by atoms with Crippen LogP contribution in [0.15, 0.2) is 24.7 Å². The summed E-state index contributed by atoms with van der Waals surface area (Å²) in [4.78, 5) is 22.7. The molecule has 0 radical (unpaired) electrons. The molecule has 0 spiro atoms. The van der Waals surface area contributed by atoms with Crippen LogP contribution < -0.4 is 9.80 Å². The third-order valence-corrected chi connectivity index (χ3v) is 5.91. The Morgan fingerprint density at radius 3 is 2.38 bits per heavy atom. The predicted molar refractivity (Wildman–Crippen MR) is 103 cm³/mol. The minimum Gasteiger partial charge on any atom is -0.356 e. The van der Waals surface area contributed by atoms with Crippen molar-refractivity contribution in [3.63, 3.8) is 0 Å². The van der Waals surface area contributed by atoms with Crippen LogP contribution in [0.4, 0.5) is 11.8 Å². The van der Waals surface area contributed by atoms with E-state index < -0.39 is 0 Å². The first-order chi connectivity index (χ1) is 12.7. The molecule has 1 atom stereocenters. The normalized spacial score (nSPS) is 21.4. The third kappa shape index (κ3) is 3.50. The summed E-state index contributed by atoms with van der Waals surface area (Å²) in [7, 11) is 0. The maximum atomic E-state index is 4.75. The van der Waals surface area contributed by atoms with Gasteiger partial charge in [-0.3, -0.25) is 0 Å². The zero-order valence-electron chi connectivity index (χ0n) is 15.8. The summed E-state index contributed by atoms with van der Waals surface area (Å²) in [6.07, 6.45) is 10.4. The van der Waals surface area contributed by atoms with E-state index in [9.17, 15) is 0 Å². The molecular formula is C20H28N6. The lowest BCUT2D eigenvalue weighted by atomic mass is 9.84. The number of hydrogen-bond acceptors (Lipinski definition) is 6. The SMILES string of the molecule is CCc1cnc(C)nc1N1CC[C@H](C2CCN(c3ncccn3)CC2)C1. The largest absolute Gasteiger partial charge is 0.356 e. The van der Waals surface area contributed by atoms with E-state index in [4.69, 9.17) is 4.98 Å². The Labute approximate surface area is 155 Å². The van der Waals surface area contributed by atoms with E-state index in [1.807, 2.05) is 31.6 Å². The molecule has 26 heavy (non-hydrogen) atoms. The van der Waals surface area contributed by atoms with Crippen molar-refractivity contribution in [1.82, 2.24) is 19.9 Å². The molecule has 0 amide bonds. The van der Waals surface area contributed by atoms with Gasteiger partial charge in [0.15, 0.2) is 0 Å². The number of hydrogen-bond donors (Lipinski definition) is 0. The van der Waals surface area contributed by atoms with Crippen LogP contribution in [0.2, 0.25) is 0 Å². The molecule has 2 aromatic rings. The van der Waals surface area contributed by atoms with Crippen molar-refractivity contribution < 1.29 is 0 Å². The Balaban J connectivity index is 1.37. The van der Waals surface area contributed by atoms with E-state index in [2.05, 4.69) is 31.7 Å². The summed E-state index contributed by atoms with van der Waals surface area (Å²) in [6.45, 7) is 8.56. The summed E-state index contributed by atoms with van der Waals surface area (Å²) in [6, 6.07) is 1.88. The smallest absolute Gasteiger partial charge is 0.225 e. The molecule has 2 fully saturated rings. The van der Waals surface area contributed by atoms with Gasteiger partial charge in [-0.1, -0.05) is 6.92 Å². The van der Waals surface area contributed by atoms with Gasteiger partial charge < -0.3 is 9.80 Å². The second-order valence-electron chi connectivity index (χ2n) is 7.49. The van der Waals surface area contributed by atoms with Gasteiger partial charge in [0.1, 0.15) is 11.6 Å². The lowest BCUT2D eigenvalue weighted by Crippen LogP contribution is -2.37. The summed E-state index contributed by atoms with van der Waals surface area (Å²) >= 11 is 0. The Hall–Kier alpha value is -2.24. The van der Waals surface area contributed by atoms with Gasteiger partial charge in [-0.25, -0.2) is 19.9 Å². The zero-order valence-corrected chi connectivity index (χ0v) is 15.8. The van der Waals surface area contributed by atoms with Crippen molar-refractivity contribution in [3.05, 3.63) is 36.0 Å². The van der Waals surface area contributed by atoms with Crippen molar-refractivity contribution in [2.24, 2.45) is 11.8 Å². The van der Waals surface area contributed by atoms with Gasteiger partial charge in [-0.05, 0) is 50.5 Å². The monoisotopic (exact) mass is 352 g/mol. The molecule has 0 aromatic carbocycles. The van der Waals surface area contributed by atoms with Crippen LogP contribution in [0.25, 0.3) is 0 Å². The van der Waals surface area contributed by atoms with Crippen LogP contribution in [-0.4, -0.2) is 46.1 Å². The van der Waals surface area contributed by atoms with Crippen LogP contribution in [0, 0.1) is 18.8 Å². The molecule has 0 unspecified atom stereocenters. The van der Waals surface area contributed by atoms with Gasteiger partial charge >= 0.3 is 0 Å². The van der Waals surface area contributed by atoms with Crippen molar-refractivity contribution in [2.75, 3.05) is 36.0 Å². The lowest BCUT2D eigenvalue weighted by Gasteiger charge is -2.34. The fourth-order valence-electron chi connectivity index (χ4n) is 4.40. The number of rotatable bonds is 4. The summed E-state index contributed by atoms with van der Waals surface area (Å²) < 4.78 is 0.